The number of methoxy groups -OCH3 is 4. The second kappa shape index (κ2) is 12.6. The summed E-state index contributed by atoms with van der Waals surface area (Å²) in [5, 5.41) is 0. The predicted octanol–water partition coefficient (Wildman–Crippen LogP) is 3.59. The first-order valence-electron chi connectivity index (χ1n) is 11.3. The van der Waals surface area contributed by atoms with Gasteiger partial charge in [-0.2, -0.15) is 19.9 Å². The summed E-state index contributed by atoms with van der Waals surface area (Å²) >= 11 is 0. The Balaban J connectivity index is 2.00. The Kier molecular flexibility index (Phi) is 9.25. The molecule has 2 heterocycles. The van der Waals surface area contributed by atoms with Crippen molar-refractivity contribution in [3.05, 3.63) is 35.9 Å². The number of rotatable bonds is 11. The van der Waals surface area contributed by atoms with Crippen molar-refractivity contribution in [2.45, 2.75) is 20.8 Å². The molecule has 3 rings (SSSR count). The fourth-order valence-corrected chi connectivity index (χ4v) is 2.78. The smallest absolute Gasteiger partial charge is 0.348 e. The topological polar surface area (TPSA) is 160 Å². The van der Waals surface area contributed by atoms with Crippen molar-refractivity contribution in [2.75, 3.05) is 35.2 Å². The molecule has 14 heteroatoms. The van der Waals surface area contributed by atoms with E-state index < -0.39 is 24.1 Å². The van der Waals surface area contributed by atoms with Gasteiger partial charge in [-0.15, -0.1) is 0 Å². The third-order valence-electron chi connectivity index (χ3n) is 4.74. The fourth-order valence-electron chi connectivity index (χ4n) is 2.78. The number of carbonyl (C=O) groups excluding carboxylic acids is 2. The Labute approximate surface area is 224 Å². The van der Waals surface area contributed by atoms with Crippen LogP contribution in [0.3, 0.4) is 0 Å². The molecule has 39 heavy (non-hydrogen) atoms. The van der Waals surface area contributed by atoms with Crippen LogP contribution in [0.1, 0.15) is 31.1 Å². The second-order valence-corrected chi connectivity index (χ2v) is 8.54. The minimum Gasteiger partial charge on any atom is -0.481 e. The zero-order valence-corrected chi connectivity index (χ0v) is 22.5. The van der Waals surface area contributed by atoms with Crippen molar-refractivity contribution in [1.29, 1.82) is 0 Å². The SMILES string of the molecule is COc1cc(OC)nc(Oc2cccc(Oc3nc(OC)cc(OC)n3)c2C(=O)OCOC(=O)C(C)(C)C)n1. The van der Waals surface area contributed by atoms with E-state index >= 15 is 0 Å². The maximum Gasteiger partial charge on any atom is 0.348 e. The highest BCUT2D eigenvalue weighted by Gasteiger charge is 2.26. The number of hydrogen-bond acceptors (Lipinski definition) is 14. The molecule has 0 N–H and O–H groups in total. The number of nitrogens with zero attached hydrogens (tertiary/aromatic N) is 4. The van der Waals surface area contributed by atoms with Gasteiger partial charge >= 0.3 is 24.0 Å². The van der Waals surface area contributed by atoms with Gasteiger partial charge in [-0.1, -0.05) is 6.07 Å². The molecule has 0 unspecified atom stereocenters. The van der Waals surface area contributed by atoms with Gasteiger partial charge in [-0.05, 0) is 32.9 Å². The molecule has 208 valence electrons. The van der Waals surface area contributed by atoms with Gasteiger partial charge < -0.3 is 37.9 Å². The number of ether oxygens (including phenoxy) is 8. The third kappa shape index (κ3) is 7.56. The van der Waals surface area contributed by atoms with Crippen LogP contribution in [0.2, 0.25) is 0 Å². The van der Waals surface area contributed by atoms with E-state index in [9.17, 15) is 9.59 Å². The molecule has 0 saturated heterocycles. The Morgan fingerprint density at radius 1 is 0.692 bits per heavy atom. The van der Waals surface area contributed by atoms with Gasteiger partial charge in [0.1, 0.15) is 17.1 Å². The molecule has 0 saturated carbocycles. The van der Waals surface area contributed by atoms with Crippen LogP contribution in [0.25, 0.3) is 0 Å². The zero-order chi connectivity index (χ0) is 28.6. The van der Waals surface area contributed by atoms with Crippen LogP contribution >= 0.6 is 0 Å². The van der Waals surface area contributed by atoms with Crippen molar-refractivity contribution in [2.24, 2.45) is 5.41 Å². The maximum atomic E-state index is 13.2. The van der Waals surface area contributed by atoms with Crippen LogP contribution in [-0.4, -0.2) is 67.1 Å². The Hall–Kier alpha value is -4.88. The standard InChI is InChI=1S/C25H28N4O10/c1-25(2,3)22(31)37-13-36-21(30)20-14(38-23-26-16(32-4)11-17(27-23)33-5)9-8-10-15(20)39-24-28-18(34-6)12-19(29-24)35-7/h8-12H,13H2,1-7H3. The normalized spacial score (nSPS) is 10.7. The molecular formula is C25H28N4O10. The molecular weight excluding hydrogens is 516 g/mol. The molecule has 0 bridgehead atoms. The Bertz CT molecular complexity index is 1210. The van der Waals surface area contributed by atoms with Crippen LogP contribution in [0.4, 0.5) is 0 Å². The summed E-state index contributed by atoms with van der Waals surface area (Å²) in [6.07, 6.45) is 0. The molecule has 0 aliphatic carbocycles. The van der Waals surface area contributed by atoms with E-state index in [2.05, 4.69) is 19.9 Å². The number of hydrogen-bond donors (Lipinski definition) is 0. The maximum absolute atomic E-state index is 13.2. The van der Waals surface area contributed by atoms with Crippen molar-refractivity contribution < 1.29 is 47.5 Å². The number of aromatic nitrogens is 4. The fraction of sp³-hybridized carbons (Fsp3) is 0.360. The third-order valence-corrected chi connectivity index (χ3v) is 4.74. The van der Waals surface area contributed by atoms with Crippen molar-refractivity contribution >= 4 is 11.9 Å². The van der Waals surface area contributed by atoms with Gasteiger partial charge in [0, 0.05) is 0 Å². The molecule has 2 aromatic heterocycles. The molecule has 0 amide bonds. The summed E-state index contributed by atoms with van der Waals surface area (Å²) in [4.78, 5) is 41.8. The number of esters is 2. The van der Waals surface area contributed by atoms with Gasteiger partial charge in [-0.25, -0.2) is 4.79 Å². The average Bonchev–Trinajstić information content (AvgIpc) is 2.91. The van der Waals surface area contributed by atoms with Gasteiger partial charge in [0.25, 0.3) is 0 Å². The summed E-state index contributed by atoms with van der Waals surface area (Å²) in [7, 11) is 5.63. The lowest BCUT2D eigenvalue weighted by Crippen LogP contribution is -2.25. The predicted molar refractivity (Wildman–Crippen MR) is 133 cm³/mol. The highest BCUT2D eigenvalue weighted by Crippen LogP contribution is 2.35. The van der Waals surface area contributed by atoms with Crippen LogP contribution in [0.15, 0.2) is 30.3 Å². The molecule has 14 nitrogen and oxygen atoms in total. The van der Waals surface area contributed by atoms with Gasteiger partial charge in [0.2, 0.25) is 30.3 Å². The second-order valence-electron chi connectivity index (χ2n) is 8.54. The van der Waals surface area contributed by atoms with Crippen LogP contribution in [-0.2, 0) is 14.3 Å². The molecule has 0 aliphatic rings. The highest BCUT2D eigenvalue weighted by atomic mass is 16.7. The lowest BCUT2D eigenvalue weighted by Gasteiger charge is -2.17. The van der Waals surface area contributed by atoms with Crippen LogP contribution < -0.4 is 28.4 Å². The van der Waals surface area contributed by atoms with Crippen LogP contribution in [0.5, 0.6) is 47.0 Å². The van der Waals surface area contributed by atoms with Gasteiger partial charge in [-0.3, -0.25) is 4.79 Å². The molecule has 3 aromatic rings. The largest absolute Gasteiger partial charge is 0.481 e. The average molecular weight is 545 g/mol. The van der Waals surface area contributed by atoms with Crippen molar-refractivity contribution in [3.63, 3.8) is 0 Å². The zero-order valence-electron chi connectivity index (χ0n) is 22.5. The van der Waals surface area contributed by atoms with Crippen molar-refractivity contribution in [1.82, 2.24) is 19.9 Å². The van der Waals surface area contributed by atoms with Crippen molar-refractivity contribution in [3.8, 4) is 47.0 Å². The first-order chi connectivity index (χ1) is 18.6. The first-order valence-corrected chi connectivity index (χ1v) is 11.3. The quantitative estimate of drug-likeness (QED) is 0.254. The van der Waals surface area contributed by atoms with Gasteiger partial charge in [0.05, 0.1) is 46.0 Å². The number of benzene rings is 1. The van der Waals surface area contributed by atoms with Gasteiger partial charge in [0.15, 0.2) is 0 Å². The van der Waals surface area contributed by atoms with E-state index in [4.69, 9.17) is 37.9 Å². The Morgan fingerprint density at radius 3 is 1.46 bits per heavy atom. The summed E-state index contributed by atoms with van der Waals surface area (Å²) in [6.45, 7) is 4.33. The molecule has 0 fully saturated rings. The molecule has 0 radical (unpaired) electrons. The summed E-state index contributed by atoms with van der Waals surface area (Å²) in [6, 6.07) is 6.93. The number of carbonyl (C=O) groups is 2. The van der Waals surface area contributed by atoms with E-state index in [-0.39, 0.29) is 52.6 Å². The van der Waals surface area contributed by atoms with E-state index in [1.54, 1.807) is 20.8 Å². The molecule has 0 atom stereocenters. The lowest BCUT2D eigenvalue weighted by atomic mass is 9.98. The highest BCUT2D eigenvalue weighted by molar-refractivity contribution is 5.96. The minimum absolute atomic E-state index is 0.0650. The molecule has 0 spiro atoms. The molecule has 0 aliphatic heterocycles. The Morgan fingerprint density at radius 2 is 1.10 bits per heavy atom. The summed E-state index contributed by atoms with van der Waals surface area (Å²) in [5.74, 6) is -1.04. The monoisotopic (exact) mass is 544 g/mol. The van der Waals surface area contributed by atoms with E-state index in [1.165, 1.54) is 58.8 Å². The first kappa shape index (κ1) is 28.7. The molecule has 1 aromatic carbocycles. The minimum atomic E-state index is -0.952. The van der Waals surface area contributed by atoms with E-state index in [0.717, 1.165) is 0 Å². The lowest BCUT2D eigenvalue weighted by molar-refractivity contribution is -0.161. The van der Waals surface area contributed by atoms with E-state index in [1.807, 2.05) is 0 Å². The summed E-state index contributed by atoms with van der Waals surface area (Å²) in [5.41, 5.74) is -1.01. The van der Waals surface area contributed by atoms with Crippen LogP contribution in [0, 0.1) is 5.41 Å². The summed E-state index contributed by atoms with van der Waals surface area (Å²) < 4.78 is 42.5. The van der Waals surface area contributed by atoms with E-state index in [0.29, 0.717) is 0 Å².